The van der Waals surface area contributed by atoms with Crippen molar-refractivity contribution in [3.05, 3.63) is 30.0 Å². The number of ether oxygens (including phenoxy) is 1. The summed E-state index contributed by atoms with van der Waals surface area (Å²) in [4.78, 5) is 21.6. The normalized spacial score (nSPS) is 10.9. The summed E-state index contributed by atoms with van der Waals surface area (Å²) in [6.07, 6.45) is 6.65. The number of hydrogen-bond donors (Lipinski definition) is 0. The molecule has 0 atom stereocenters. The second-order valence-electron chi connectivity index (χ2n) is 4.60. The molecule has 0 radical (unpaired) electrons. The Bertz CT molecular complexity index is 411. The minimum absolute atomic E-state index is 0.234. The fourth-order valence-electron chi connectivity index (χ4n) is 1.07. The number of hydrogen-bond acceptors (Lipinski definition) is 5. The third-order valence-electron chi connectivity index (χ3n) is 1.97. The molecule has 0 aliphatic heterocycles. The van der Waals surface area contributed by atoms with Crippen molar-refractivity contribution in [3.8, 4) is 0 Å². The van der Waals surface area contributed by atoms with Gasteiger partial charge in [0.05, 0.1) is 24.7 Å². The SMILES string of the molecule is CC(C)COC(=O)c1cnc(/C=C/N(C)C)cn1. The first-order chi connectivity index (χ1) is 8.49. The van der Waals surface area contributed by atoms with Crippen molar-refractivity contribution < 1.29 is 9.53 Å². The van der Waals surface area contributed by atoms with Gasteiger partial charge in [-0.05, 0) is 12.0 Å². The van der Waals surface area contributed by atoms with E-state index >= 15 is 0 Å². The molecule has 0 aliphatic rings. The minimum Gasteiger partial charge on any atom is -0.461 e. The Hall–Kier alpha value is -1.91. The summed E-state index contributed by atoms with van der Waals surface area (Å²) in [5.74, 6) is -0.122. The Labute approximate surface area is 108 Å². The Morgan fingerprint density at radius 2 is 2.11 bits per heavy atom. The third-order valence-corrected chi connectivity index (χ3v) is 1.97. The van der Waals surface area contributed by atoms with E-state index in [4.69, 9.17) is 4.74 Å². The average Bonchev–Trinajstić information content (AvgIpc) is 2.34. The van der Waals surface area contributed by atoms with E-state index in [1.165, 1.54) is 6.20 Å². The smallest absolute Gasteiger partial charge is 0.358 e. The number of carbonyl (C=O) groups excluding carboxylic acids is 1. The maximum absolute atomic E-state index is 11.6. The van der Waals surface area contributed by atoms with Crippen LogP contribution in [0.15, 0.2) is 18.6 Å². The molecule has 98 valence electrons. The Morgan fingerprint density at radius 1 is 1.39 bits per heavy atom. The van der Waals surface area contributed by atoms with Gasteiger partial charge < -0.3 is 9.64 Å². The Kier molecular flexibility index (Phi) is 5.30. The third kappa shape index (κ3) is 4.95. The topological polar surface area (TPSA) is 55.3 Å². The highest BCUT2D eigenvalue weighted by atomic mass is 16.5. The van der Waals surface area contributed by atoms with Gasteiger partial charge in [-0.25, -0.2) is 9.78 Å². The van der Waals surface area contributed by atoms with Gasteiger partial charge in [-0.2, -0.15) is 0 Å². The van der Waals surface area contributed by atoms with E-state index in [0.717, 1.165) is 0 Å². The zero-order chi connectivity index (χ0) is 13.5. The van der Waals surface area contributed by atoms with Gasteiger partial charge in [-0.15, -0.1) is 0 Å². The Morgan fingerprint density at radius 3 is 2.61 bits per heavy atom. The molecule has 0 saturated carbocycles. The van der Waals surface area contributed by atoms with E-state index < -0.39 is 5.97 Å². The monoisotopic (exact) mass is 249 g/mol. The molecule has 0 bridgehead atoms. The van der Waals surface area contributed by atoms with Crippen molar-refractivity contribution in [1.29, 1.82) is 0 Å². The second kappa shape index (κ2) is 6.74. The molecule has 1 heterocycles. The van der Waals surface area contributed by atoms with Crippen LogP contribution in [0.2, 0.25) is 0 Å². The molecule has 18 heavy (non-hydrogen) atoms. The first kappa shape index (κ1) is 14.2. The van der Waals surface area contributed by atoms with Crippen LogP contribution < -0.4 is 0 Å². The molecule has 5 nitrogen and oxygen atoms in total. The highest BCUT2D eigenvalue weighted by molar-refractivity contribution is 5.86. The van der Waals surface area contributed by atoms with Crippen LogP contribution in [0.5, 0.6) is 0 Å². The molecule has 0 amide bonds. The van der Waals surface area contributed by atoms with Crippen LogP contribution in [0.4, 0.5) is 0 Å². The van der Waals surface area contributed by atoms with Crippen LogP contribution in [-0.4, -0.2) is 41.5 Å². The lowest BCUT2D eigenvalue weighted by Gasteiger charge is -2.06. The van der Waals surface area contributed by atoms with E-state index in [1.54, 1.807) is 6.20 Å². The van der Waals surface area contributed by atoms with Crippen molar-refractivity contribution in [1.82, 2.24) is 14.9 Å². The first-order valence-corrected chi connectivity index (χ1v) is 5.83. The molecule has 0 unspecified atom stereocenters. The summed E-state index contributed by atoms with van der Waals surface area (Å²) < 4.78 is 5.06. The zero-order valence-corrected chi connectivity index (χ0v) is 11.3. The summed E-state index contributed by atoms with van der Waals surface area (Å²) in [5, 5.41) is 0. The standard InChI is InChI=1S/C13H19N3O2/c1-10(2)9-18-13(17)12-8-14-11(7-15-12)5-6-16(3)4/h5-8,10H,9H2,1-4H3/b6-5+. The fraction of sp³-hybridized carbons (Fsp3) is 0.462. The highest BCUT2D eigenvalue weighted by Gasteiger charge is 2.09. The van der Waals surface area contributed by atoms with Gasteiger partial charge in [-0.3, -0.25) is 4.98 Å². The van der Waals surface area contributed by atoms with Gasteiger partial charge in [0.1, 0.15) is 0 Å². The number of esters is 1. The first-order valence-electron chi connectivity index (χ1n) is 5.83. The van der Waals surface area contributed by atoms with Crippen LogP contribution in [0.1, 0.15) is 30.0 Å². The summed E-state index contributed by atoms with van der Waals surface area (Å²) in [6, 6.07) is 0. The molecule has 0 saturated heterocycles. The number of rotatable bonds is 5. The van der Waals surface area contributed by atoms with Crippen LogP contribution in [-0.2, 0) is 4.74 Å². The van der Waals surface area contributed by atoms with E-state index in [-0.39, 0.29) is 5.69 Å². The van der Waals surface area contributed by atoms with E-state index in [2.05, 4.69) is 9.97 Å². The Balaban J connectivity index is 2.62. The van der Waals surface area contributed by atoms with Crippen LogP contribution in [0, 0.1) is 5.92 Å². The summed E-state index contributed by atoms with van der Waals surface area (Å²) >= 11 is 0. The maximum atomic E-state index is 11.6. The van der Waals surface area contributed by atoms with Gasteiger partial charge in [0.25, 0.3) is 0 Å². The quantitative estimate of drug-likeness (QED) is 0.745. The lowest BCUT2D eigenvalue weighted by Crippen LogP contribution is -2.12. The summed E-state index contributed by atoms with van der Waals surface area (Å²) in [7, 11) is 3.84. The average molecular weight is 249 g/mol. The minimum atomic E-state index is -0.431. The summed E-state index contributed by atoms with van der Waals surface area (Å²) in [6.45, 7) is 4.35. The molecule has 0 spiro atoms. The lowest BCUT2D eigenvalue weighted by atomic mass is 10.2. The van der Waals surface area contributed by atoms with Crippen LogP contribution >= 0.6 is 0 Å². The fourth-order valence-corrected chi connectivity index (χ4v) is 1.07. The van der Waals surface area contributed by atoms with E-state index in [1.807, 2.05) is 45.1 Å². The van der Waals surface area contributed by atoms with Crippen molar-refractivity contribution >= 4 is 12.0 Å². The summed E-state index contributed by atoms with van der Waals surface area (Å²) in [5.41, 5.74) is 0.932. The molecule has 0 aliphatic carbocycles. The van der Waals surface area contributed by atoms with Crippen molar-refractivity contribution in [2.45, 2.75) is 13.8 Å². The van der Waals surface area contributed by atoms with Crippen LogP contribution in [0.25, 0.3) is 6.08 Å². The van der Waals surface area contributed by atoms with Gasteiger partial charge in [0.15, 0.2) is 5.69 Å². The molecule has 0 fully saturated rings. The zero-order valence-electron chi connectivity index (χ0n) is 11.3. The van der Waals surface area contributed by atoms with Gasteiger partial charge in [-0.1, -0.05) is 13.8 Å². The van der Waals surface area contributed by atoms with Gasteiger partial charge in [0, 0.05) is 20.3 Å². The van der Waals surface area contributed by atoms with E-state index in [9.17, 15) is 4.79 Å². The molecule has 5 heteroatoms. The molecule has 1 rings (SSSR count). The largest absolute Gasteiger partial charge is 0.461 e. The van der Waals surface area contributed by atoms with Crippen molar-refractivity contribution in [3.63, 3.8) is 0 Å². The predicted molar refractivity (Wildman–Crippen MR) is 69.9 cm³/mol. The predicted octanol–water partition coefficient (Wildman–Crippen LogP) is 1.82. The molecule has 0 aromatic carbocycles. The van der Waals surface area contributed by atoms with E-state index in [0.29, 0.717) is 18.2 Å². The molecular weight excluding hydrogens is 230 g/mol. The molecule has 0 N–H and O–H groups in total. The number of carbonyl (C=O) groups is 1. The number of nitrogens with zero attached hydrogens (tertiary/aromatic N) is 3. The van der Waals surface area contributed by atoms with Gasteiger partial charge in [0.2, 0.25) is 0 Å². The van der Waals surface area contributed by atoms with Crippen molar-refractivity contribution in [2.75, 3.05) is 20.7 Å². The second-order valence-corrected chi connectivity index (χ2v) is 4.60. The highest BCUT2D eigenvalue weighted by Crippen LogP contribution is 2.02. The maximum Gasteiger partial charge on any atom is 0.358 e. The van der Waals surface area contributed by atoms with Crippen LogP contribution in [0.3, 0.4) is 0 Å². The van der Waals surface area contributed by atoms with Crippen molar-refractivity contribution in [2.24, 2.45) is 5.92 Å². The molecule has 1 aromatic heterocycles. The molecular formula is C13H19N3O2. The number of aromatic nitrogens is 2. The lowest BCUT2D eigenvalue weighted by molar-refractivity contribution is 0.0451. The van der Waals surface area contributed by atoms with Gasteiger partial charge >= 0.3 is 5.97 Å². The molecule has 1 aromatic rings.